The third-order valence-corrected chi connectivity index (χ3v) is 6.97. The van der Waals surface area contributed by atoms with E-state index in [9.17, 15) is 9.90 Å². The molecule has 1 atom stereocenters. The number of hydrogen-bond acceptors (Lipinski definition) is 6. The SMILES string of the molecule is Cn1c(C2=Cc3ccc(N4CCN(C(=O)OCc5ccccc5)CC4)cc3OC2O)nc2ccccc21. The van der Waals surface area contributed by atoms with Gasteiger partial charge >= 0.3 is 6.09 Å². The van der Waals surface area contributed by atoms with Crippen LogP contribution in [-0.4, -0.2) is 58.1 Å². The van der Waals surface area contributed by atoms with Crippen LogP contribution in [0.25, 0.3) is 22.7 Å². The van der Waals surface area contributed by atoms with Crippen LogP contribution in [0.1, 0.15) is 17.0 Å². The van der Waals surface area contributed by atoms with E-state index in [-0.39, 0.29) is 12.7 Å². The van der Waals surface area contributed by atoms with E-state index >= 15 is 0 Å². The average molecular weight is 497 g/mol. The minimum Gasteiger partial charge on any atom is -0.460 e. The Kier molecular flexibility index (Phi) is 6.02. The molecule has 1 unspecified atom stereocenters. The third-order valence-electron chi connectivity index (χ3n) is 6.97. The molecule has 3 aromatic carbocycles. The van der Waals surface area contributed by atoms with Crippen molar-refractivity contribution in [2.24, 2.45) is 7.05 Å². The third kappa shape index (κ3) is 4.51. The summed E-state index contributed by atoms with van der Waals surface area (Å²) in [6.45, 7) is 2.79. The van der Waals surface area contributed by atoms with Gasteiger partial charge in [0.05, 0.1) is 16.6 Å². The van der Waals surface area contributed by atoms with Gasteiger partial charge in [-0.2, -0.15) is 0 Å². The van der Waals surface area contributed by atoms with Crippen molar-refractivity contribution in [1.82, 2.24) is 14.5 Å². The van der Waals surface area contributed by atoms with Gasteiger partial charge in [-0.15, -0.1) is 0 Å². The summed E-state index contributed by atoms with van der Waals surface area (Å²) in [5.41, 5.74) is 5.34. The number of aliphatic hydroxyl groups excluding tert-OH is 1. The Morgan fingerprint density at radius 1 is 1.03 bits per heavy atom. The van der Waals surface area contributed by atoms with Crippen molar-refractivity contribution < 1.29 is 19.4 Å². The molecule has 0 saturated carbocycles. The van der Waals surface area contributed by atoms with Gasteiger partial charge in [0.1, 0.15) is 18.2 Å². The van der Waals surface area contributed by atoms with Gasteiger partial charge in [-0.05, 0) is 35.9 Å². The maximum absolute atomic E-state index is 12.5. The molecule has 6 rings (SSSR count). The highest BCUT2D eigenvalue weighted by Crippen LogP contribution is 2.36. The largest absolute Gasteiger partial charge is 0.460 e. The zero-order valence-electron chi connectivity index (χ0n) is 20.6. The van der Waals surface area contributed by atoms with E-state index in [1.54, 1.807) is 4.90 Å². The summed E-state index contributed by atoms with van der Waals surface area (Å²) in [4.78, 5) is 21.2. The van der Waals surface area contributed by atoms with E-state index in [4.69, 9.17) is 14.5 Å². The summed E-state index contributed by atoms with van der Waals surface area (Å²) < 4.78 is 13.4. The number of piperazine rings is 1. The average Bonchev–Trinajstić information content (AvgIpc) is 3.27. The number of aryl methyl sites for hydroxylation is 1. The van der Waals surface area contributed by atoms with Gasteiger partial charge in [0.15, 0.2) is 0 Å². The lowest BCUT2D eigenvalue weighted by Gasteiger charge is -2.36. The lowest BCUT2D eigenvalue weighted by molar-refractivity contribution is 0.0314. The molecular weight excluding hydrogens is 468 g/mol. The number of amides is 1. The summed E-state index contributed by atoms with van der Waals surface area (Å²) in [6.07, 6.45) is 0.532. The lowest BCUT2D eigenvalue weighted by atomic mass is 10.0. The predicted molar refractivity (Wildman–Crippen MR) is 142 cm³/mol. The van der Waals surface area contributed by atoms with E-state index in [2.05, 4.69) is 4.90 Å². The summed E-state index contributed by atoms with van der Waals surface area (Å²) >= 11 is 0. The molecule has 37 heavy (non-hydrogen) atoms. The van der Waals surface area contributed by atoms with Gasteiger partial charge in [-0.3, -0.25) is 0 Å². The van der Waals surface area contributed by atoms with Crippen LogP contribution in [0.5, 0.6) is 5.75 Å². The van der Waals surface area contributed by atoms with Crippen molar-refractivity contribution >= 4 is 34.5 Å². The zero-order chi connectivity index (χ0) is 25.4. The number of anilines is 1. The molecule has 2 aliphatic heterocycles. The minimum atomic E-state index is -1.12. The number of carbonyl (C=O) groups excluding carboxylic acids is 1. The first-order valence-corrected chi connectivity index (χ1v) is 12.4. The Bertz CT molecular complexity index is 1470. The standard InChI is InChI=1S/C29H28N4O4/c1-31-25-10-6-5-9-24(25)30-27(31)23-17-21-11-12-22(18-26(21)37-28(23)34)32-13-15-33(16-14-32)29(35)36-19-20-7-3-2-4-8-20/h2-12,17-18,28,34H,13-16,19H2,1H3. The van der Waals surface area contributed by atoms with Crippen LogP contribution in [0.2, 0.25) is 0 Å². The van der Waals surface area contributed by atoms with Gasteiger partial charge in [0.25, 0.3) is 0 Å². The van der Waals surface area contributed by atoms with E-state index in [0.717, 1.165) is 27.8 Å². The Balaban J connectivity index is 1.13. The quantitative estimate of drug-likeness (QED) is 0.454. The van der Waals surface area contributed by atoms with Crippen LogP contribution in [0.3, 0.4) is 0 Å². The van der Waals surface area contributed by atoms with Crippen LogP contribution in [0.4, 0.5) is 10.5 Å². The molecule has 8 nitrogen and oxygen atoms in total. The highest BCUT2D eigenvalue weighted by molar-refractivity contribution is 5.88. The number of aromatic nitrogens is 2. The fraction of sp³-hybridized carbons (Fsp3) is 0.241. The molecule has 8 heteroatoms. The van der Waals surface area contributed by atoms with E-state index < -0.39 is 6.29 Å². The molecule has 0 radical (unpaired) electrons. The van der Waals surface area contributed by atoms with E-state index in [0.29, 0.717) is 43.3 Å². The summed E-state index contributed by atoms with van der Waals surface area (Å²) in [5.74, 6) is 1.30. The Hall–Kier alpha value is -4.30. The Labute approximate surface area is 215 Å². The first-order valence-electron chi connectivity index (χ1n) is 12.4. The van der Waals surface area contributed by atoms with E-state index in [1.807, 2.05) is 90.5 Å². The molecule has 0 aliphatic carbocycles. The second-order valence-electron chi connectivity index (χ2n) is 9.29. The second-order valence-corrected chi connectivity index (χ2v) is 9.29. The van der Waals surface area contributed by atoms with Crippen LogP contribution in [0.15, 0.2) is 72.8 Å². The molecule has 3 heterocycles. The molecule has 4 aromatic rings. The molecule has 188 valence electrons. The van der Waals surface area contributed by atoms with E-state index in [1.165, 1.54) is 0 Å². The number of para-hydroxylation sites is 2. The van der Waals surface area contributed by atoms with Gasteiger partial charge in [0.2, 0.25) is 6.29 Å². The highest BCUT2D eigenvalue weighted by atomic mass is 16.6. The Morgan fingerprint density at radius 3 is 2.57 bits per heavy atom. The molecule has 1 N–H and O–H groups in total. The smallest absolute Gasteiger partial charge is 0.410 e. The fourth-order valence-corrected chi connectivity index (χ4v) is 4.90. The van der Waals surface area contributed by atoms with Crippen molar-refractivity contribution in [3.8, 4) is 5.75 Å². The zero-order valence-corrected chi connectivity index (χ0v) is 20.6. The summed E-state index contributed by atoms with van der Waals surface area (Å²) in [7, 11) is 1.94. The van der Waals surface area contributed by atoms with Crippen LogP contribution < -0.4 is 9.64 Å². The van der Waals surface area contributed by atoms with Gasteiger partial charge in [-0.25, -0.2) is 9.78 Å². The normalized spacial score (nSPS) is 17.2. The maximum Gasteiger partial charge on any atom is 0.410 e. The molecule has 0 bridgehead atoms. The molecule has 1 saturated heterocycles. The Morgan fingerprint density at radius 2 is 1.78 bits per heavy atom. The first kappa shape index (κ1) is 23.1. The van der Waals surface area contributed by atoms with Crippen molar-refractivity contribution in [3.05, 3.63) is 89.7 Å². The molecule has 0 spiro atoms. The number of fused-ring (bicyclic) bond motifs is 2. The fourth-order valence-electron chi connectivity index (χ4n) is 4.90. The molecule has 1 aromatic heterocycles. The number of rotatable bonds is 4. The number of carbonyl (C=O) groups is 1. The van der Waals surface area contributed by atoms with Crippen LogP contribution in [-0.2, 0) is 18.4 Å². The number of benzene rings is 3. The maximum atomic E-state index is 12.5. The topological polar surface area (TPSA) is 80.1 Å². The molecule has 1 fully saturated rings. The monoisotopic (exact) mass is 496 g/mol. The number of nitrogens with zero attached hydrogens (tertiary/aromatic N) is 4. The van der Waals surface area contributed by atoms with Crippen molar-refractivity contribution in [2.45, 2.75) is 12.9 Å². The summed E-state index contributed by atoms with van der Waals surface area (Å²) in [6, 6.07) is 23.6. The number of ether oxygens (including phenoxy) is 2. The van der Waals surface area contributed by atoms with Crippen molar-refractivity contribution in [1.29, 1.82) is 0 Å². The van der Waals surface area contributed by atoms with Gasteiger partial charge in [0, 0.05) is 50.5 Å². The van der Waals surface area contributed by atoms with Crippen LogP contribution in [0, 0.1) is 0 Å². The van der Waals surface area contributed by atoms with Gasteiger partial charge in [-0.1, -0.05) is 42.5 Å². The number of imidazole rings is 1. The predicted octanol–water partition coefficient (Wildman–Crippen LogP) is 4.28. The molecule has 1 amide bonds. The number of aliphatic hydroxyl groups is 1. The van der Waals surface area contributed by atoms with Crippen molar-refractivity contribution in [2.75, 3.05) is 31.1 Å². The number of hydrogen-bond donors (Lipinski definition) is 1. The second kappa shape index (κ2) is 9.63. The first-order chi connectivity index (χ1) is 18.1. The van der Waals surface area contributed by atoms with Crippen molar-refractivity contribution in [3.63, 3.8) is 0 Å². The molecular formula is C29H28N4O4. The molecule has 2 aliphatic rings. The minimum absolute atomic E-state index is 0.272. The van der Waals surface area contributed by atoms with Crippen LogP contribution >= 0.6 is 0 Å². The highest BCUT2D eigenvalue weighted by Gasteiger charge is 2.27. The van der Waals surface area contributed by atoms with Gasteiger partial charge < -0.3 is 28.9 Å². The lowest BCUT2D eigenvalue weighted by Crippen LogP contribution is -2.49. The summed E-state index contributed by atoms with van der Waals surface area (Å²) in [5, 5.41) is 10.8.